The molecule has 1 aliphatic heterocycles. The number of nitrogens with zero attached hydrogens (tertiary/aromatic N) is 2. The van der Waals surface area contributed by atoms with Gasteiger partial charge in [0, 0.05) is 26.4 Å². The lowest BCUT2D eigenvalue weighted by molar-refractivity contribution is -0.116. The summed E-state index contributed by atoms with van der Waals surface area (Å²) in [6, 6.07) is 9.39. The molecule has 0 spiro atoms. The Bertz CT molecular complexity index is 834. The maximum absolute atomic E-state index is 12.5. The van der Waals surface area contributed by atoms with Crippen molar-refractivity contribution in [2.75, 3.05) is 5.32 Å². The van der Waals surface area contributed by atoms with E-state index in [0.29, 0.717) is 11.4 Å². The van der Waals surface area contributed by atoms with Crippen molar-refractivity contribution in [1.82, 2.24) is 9.13 Å². The van der Waals surface area contributed by atoms with E-state index in [1.165, 1.54) is 11.6 Å². The molecule has 1 aliphatic rings. The van der Waals surface area contributed by atoms with Gasteiger partial charge in [-0.1, -0.05) is 30.3 Å². The van der Waals surface area contributed by atoms with E-state index in [0.717, 1.165) is 10.1 Å². The van der Waals surface area contributed by atoms with Crippen LogP contribution in [0.2, 0.25) is 0 Å². The molecule has 0 unspecified atom stereocenters. The Morgan fingerprint density at radius 3 is 2.38 bits per heavy atom. The van der Waals surface area contributed by atoms with Crippen LogP contribution in [0.3, 0.4) is 0 Å². The molecule has 2 heterocycles. The van der Waals surface area contributed by atoms with Crippen LogP contribution in [0.5, 0.6) is 0 Å². The standard InChI is InChI=1S/C15H15N3O3/c1-17-13-12(14(20)18(2)15(17)21)10(8-11(19)16-13)9-6-4-3-5-7-9/h3-7,10H,8H2,1-2H3,(H,16,19)/t10-/m1/s1. The Labute approximate surface area is 120 Å². The van der Waals surface area contributed by atoms with Gasteiger partial charge in [-0.05, 0) is 5.56 Å². The van der Waals surface area contributed by atoms with Crippen molar-refractivity contribution in [3.05, 3.63) is 62.3 Å². The van der Waals surface area contributed by atoms with Gasteiger partial charge < -0.3 is 5.32 Å². The van der Waals surface area contributed by atoms with Crippen molar-refractivity contribution < 1.29 is 4.79 Å². The van der Waals surface area contributed by atoms with E-state index in [1.54, 1.807) is 7.05 Å². The molecular weight excluding hydrogens is 270 g/mol. The van der Waals surface area contributed by atoms with Crippen molar-refractivity contribution in [1.29, 1.82) is 0 Å². The average Bonchev–Trinajstić information content (AvgIpc) is 2.51. The van der Waals surface area contributed by atoms with Crippen LogP contribution < -0.4 is 16.6 Å². The summed E-state index contributed by atoms with van der Waals surface area (Å²) in [4.78, 5) is 36.4. The van der Waals surface area contributed by atoms with Crippen LogP contribution in [0.25, 0.3) is 0 Å². The minimum atomic E-state index is -0.451. The summed E-state index contributed by atoms with van der Waals surface area (Å²) in [6.07, 6.45) is 0.199. The minimum absolute atomic E-state index is 0.195. The molecule has 1 atom stereocenters. The lowest BCUT2D eigenvalue weighted by Gasteiger charge is -2.27. The van der Waals surface area contributed by atoms with Crippen LogP contribution in [0.1, 0.15) is 23.5 Å². The fraction of sp³-hybridized carbons (Fsp3) is 0.267. The van der Waals surface area contributed by atoms with Crippen molar-refractivity contribution in [3.8, 4) is 0 Å². The molecule has 3 rings (SSSR count). The molecule has 1 aromatic heterocycles. The first kappa shape index (κ1) is 13.4. The monoisotopic (exact) mass is 285 g/mol. The van der Waals surface area contributed by atoms with Gasteiger partial charge in [-0.2, -0.15) is 0 Å². The first-order chi connectivity index (χ1) is 10.0. The lowest BCUT2D eigenvalue weighted by atomic mass is 9.87. The third-order valence-electron chi connectivity index (χ3n) is 3.90. The van der Waals surface area contributed by atoms with Crippen LogP contribution in [0, 0.1) is 0 Å². The van der Waals surface area contributed by atoms with E-state index in [4.69, 9.17) is 0 Å². The molecule has 108 valence electrons. The Morgan fingerprint density at radius 1 is 1.05 bits per heavy atom. The predicted octanol–water partition coefficient (Wildman–Crippen LogP) is 0.558. The van der Waals surface area contributed by atoms with Crippen molar-refractivity contribution in [3.63, 3.8) is 0 Å². The van der Waals surface area contributed by atoms with Crippen molar-refractivity contribution in [2.24, 2.45) is 14.1 Å². The first-order valence-electron chi connectivity index (χ1n) is 6.65. The zero-order valence-electron chi connectivity index (χ0n) is 11.8. The number of fused-ring (bicyclic) bond motifs is 1. The van der Waals surface area contributed by atoms with E-state index in [-0.39, 0.29) is 23.8 Å². The second kappa shape index (κ2) is 4.73. The molecule has 21 heavy (non-hydrogen) atoms. The second-order valence-corrected chi connectivity index (χ2v) is 5.18. The maximum Gasteiger partial charge on any atom is 0.332 e. The molecule has 0 fully saturated rings. The summed E-state index contributed by atoms with van der Waals surface area (Å²) in [5.74, 6) is -0.228. The Hall–Kier alpha value is -2.63. The van der Waals surface area contributed by atoms with Gasteiger partial charge in [0.1, 0.15) is 5.82 Å². The highest BCUT2D eigenvalue weighted by Gasteiger charge is 2.32. The van der Waals surface area contributed by atoms with Gasteiger partial charge in [0.15, 0.2) is 0 Å². The van der Waals surface area contributed by atoms with Crippen LogP contribution in [0.4, 0.5) is 5.82 Å². The highest BCUT2D eigenvalue weighted by molar-refractivity contribution is 5.94. The fourth-order valence-electron chi connectivity index (χ4n) is 2.78. The molecule has 1 aromatic carbocycles. The number of nitrogens with one attached hydrogen (secondary N) is 1. The molecule has 1 N–H and O–H groups in total. The molecule has 6 heteroatoms. The molecule has 2 aromatic rings. The van der Waals surface area contributed by atoms with Crippen molar-refractivity contribution >= 4 is 11.7 Å². The number of aromatic nitrogens is 2. The van der Waals surface area contributed by atoms with Crippen LogP contribution in [0.15, 0.2) is 39.9 Å². The summed E-state index contributed by atoms with van der Waals surface area (Å²) >= 11 is 0. The van der Waals surface area contributed by atoms with E-state index in [9.17, 15) is 14.4 Å². The number of amides is 1. The van der Waals surface area contributed by atoms with Gasteiger partial charge >= 0.3 is 5.69 Å². The SMILES string of the molecule is Cn1c2c(c(=O)n(C)c1=O)[C@@H](c1ccccc1)CC(=O)N2. The molecule has 0 radical (unpaired) electrons. The molecule has 6 nitrogen and oxygen atoms in total. The Kier molecular flexibility index (Phi) is 3.01. The van der Waals surface area contributed by atoms with Crippen LogP contribution in [-0.4, -0.2) is 15.0 Å². The third-order valence-corrected chi connectivity index (χ3v) is 3.90. The van der Waals surface area contributed by atoms with E-state index < -0.39 is 5.69 Å². The van der Waals surface area contributed by atoms with Gasteiger partial charge in [-0.15, -0.1) is 0 Å². The lowest BCUT2D eigenvalue weighted by Crippen LogP contribution is -2.44. The summed E-state index contributed by atoms with van der Waals surface area (Å²) < 4.78 is 2.38. The molecular formula is C15H15N3O3. The van der Waals surface area contributed by atoms with E-state index in [2.05, 4.69) is 5.32 Å². The maximum atomic E-state index is 12.5. The van der Waals surface area contributed by atoms with Gasteiger partial charge in [0.25, 0.3) is 5.56 Å². The number of carbonyl (C=O) groups is 1. The average molecular weight is 285 g/mol. The van der Waals surface area contributed by atoms with Gasteiger partial charge in [0.2, 0.25) is 5.91 Å². The van der Waals surface area contributed by atoms with E-state index in [1.807, 2.05) is 30.3 Å². The summed E-state index contributed by atoms with van der Waals surface area (Å²) in [5.41, 5.74) is 0.546. The number of anilines is 1. The number of rotatable bonds is 1. The summed E-state index contributed by atoms with van der Waals surface area (Å²) in [5, 5.41) is 2.65. The predicted molar refractivity (Wildman–Crippen MR) is 78.5 cm³/mol. The highest BCUT2D eigenvalue weighted by atomic mass is 16.2. The smallest absolute Gasteiger partial charge is 0.312 e. The van der Waals surface area contributed by atoms with Gasteiger partial charge in [-0.25, -0.2) is 4.79 Å². The quantitative estimate of drug-likeness (QED) is 0.832. The third kappa shape index (κ3) is 1.99. The second-order valence-electron chi connectivity index (χ2n) is 5.18. The van der Waals surface area contributed by atoms with Crippen LogP contribution in [-0.2, 0) is 18.9 Å². The summed E-state index contributed by atoms with van der Waals surface area (Å²) in [7, 11) is 3.00. The highest BCUT2D eigenvalue weighted by Crippen LogP contribution is 2.33. The first-order valence-corrected chi connectivity index (χ1v) is 6.65. The van der Waals surface area contributed by atoms with Crippen LogP contribution >= 0.6 is 0 Å². The van der Waals surface area contributed by atoms with E-state index >= 15 is 0 Å². The fourth-order valence-corrected chi connectivity index (χ4v) is 2.78. The normalized spacial score (nSPS) is 17.2. The number of hydrogen-bond donors (Lipinski definition) is 1. The molecule has 0 saturated carbocycles. The zero-order chi connectivity index (χ0) is 15.1. The zero-order valence-corrected chi connectivity index (χ0v) is 11.8. The van der Waals surface area contributed by atoms with Crippen molar-refractivity contribution in [2.45, 2.75) is 12.3 Å². The van der Waals surface area contributed by atoms with Gasteiger partial charge in [0.05, 0.1) is 5.56 Å². The van der Waals surface area contributed by atoms with Gasteiger partial charge in [-0.3, -0.25) is 18.7 Å². The Morgan fingerprint density at radius 2 is 1.71 bits per heavy atom. The topological polar surface area (TPSA) is 73.1 Å². The number of hydrogen-bond acceptors (Lipinski definition) is 3. The molecule has 0 bridgehead atoms. The number of benzene rings is 1. The largest absolute Gasteiger partial charge is 0.332 e. The Balaban J connectivity index is 2.33. The summed E-state index contributed by atoms with van der Waals surface area (Å²) in [6.45, 7) is 0. The molecule has 0 aliphatic carbocycles. The molecule has 0 saturated heterocycles. The minimum Gasteiger partial charge on any atom is -0.312 e. The molecule has 1 amide bonds. The number of carbonyl (C=O) groups excluding carboxylic acids is 1.